The second kappa shape index (κ2) is 8.26. The maximum atomic E-state index is 13.2. The first-order valence-electron chi connectivity index (χ1n) is 12.2. The van der Waals surface area contributed by atoms with Gasteiger partial charge in [0.15, 0.2) is 0 Å². The molecule has 2 unspecified atom stereocenters. The van der Waals surface area contributed by atoms with Crippen LogP contribution in [0.15, 0.2) is 24.3 Å². The van der Waals surface area contributed by atoms with Crippen LogP contribution in [0.1, 0.15) is 110 Å². The number of nitrogens with zero attached hydrogens (tertiary/aromatic N) is 1. The Labute approximate surface area is 203 Å². The van der Waals surface area contributed by atoms with E-state index in [4.69, 9.17) is 14.5 Å². The minimum absolute atomic E-state index is 0.0287. The van der Waals surface area contributed by atoms with Crippen LogP contribution in [0.3, 0.4) is 0 Å². The van der Waals surface area contributed by atoms with Crippen molar-refractivity contribution in [1.82, 2.24) is 4.98 Å². The first-order valence-corrected chi connectivity index (χ1v) is 12.2. The molecule has 1 aromatic carbocycles. The molecule has 1 saturated heterocycles. The highest BCUT2D eigenvalue weighted by Gasteiger charge is 2.53. The number of aromatic nitrogens is 1. The zero-order valence-electron chi connectivity index (χ0n) is 20.4. The molecule has 190 valence electrons. The van der Waals surface area contributed by atoms with E-state index in [1.54, 1.807) is 0 Å². The van der Waals surface area contributed by atoms with E-state index in [0.717, 1.165) is 29.0 Å². The van der Waals surface area contributed by atoms with Gasteiger partial charge in [0.05, 0.1) is 23.0 Å². The first kappa shape index (κ1) is 24.7. The van der Waals surface area contributed by atoms with Gasteiger partial charge in [-0.05, 0) is 41.0 Å². The Balaban J connectivity index is 1.76. The fourth-order valence-electron chi connectivity index (χ4n) is 5.97. The van der Waals surface area contributed by atoms with Crippen molar-refractivity contribution in [2.75, 3.05) is 13.2 Å². The van der Waals surface area contributed by atoms with Gasteiger partial charge >= 0.3 is 6.18 Å². The molecule has 8 heteroatoms. The molecule has 0 saturated carbocycles. The van der Waals surface area contributed by atoms with Crippen LogP contribution < -0.4 is 0 Å². The monoisotopic (exact) mass is 491 g/mol. The molecule has 1 aromatic heterocycles. The van der Waals surface area contributed by atoms with E-state index in [0.29, 0.717) is 49.3 Å². The molecule has 3 heterocycles. The van der Waals surface area contributed by atoms with E-state index in [1.165, 1.54) is 12.1 Å². The third kappa shape index (κ3) is 3.89. The Kier molecular flexibility index (Phi) is 5.83. The molecule has 2 aliphatic heterocycles. The number of aliphatic hydroxyl groups is 2. The molecule has 0 amide bonds. The van der Waals surface area contributed by atoms with Crippen LogP contribution in [0.25, 0.3) is 0 Å². The molecule has 5 rings (SSSR count). The summed E-state index contributed by atoms with van der Waals surface area (Å²) in [6.45, 7) is 8.78. The summed E-state index contributed by atoms with van der Waals surface area (Å²) in [4.78, 5) is 4.92. The lowest BCUT2D eigenvalue weighted by molar-refractivity contribution is -0.137. The van der Waals surface area contributed by atoms with Gasteiger partial charge in [0.1, 0.15) is 12.2 Å². The Morgan fingerprint density at radius 1 is 1.03 bits per heavy atom. The lowest BCUT2D eigenvalue weighted by atomic mass is 9.68. The van der Waals surface area contributed by atoms with Gasteiger partial charge < -0.3 is 19.7 Å². The van der Waals surface area contributed by atoms with Crippen LogP contribution in [0.4, 0.5) is 13.2 Å². The summed E-state index contributed by atoms with van der Waals surface area (Å²) in [6.07, 6.45) is -5.26. The van der Waals surface area contributed by atoms with Crippen molar-refractivity contribution >= 4 is 0 Å². The molecule has 2 aromatic rings. The normalized spacial score (nSPS) is 27.2. The first-order chi connectivity index (χ1) is 16.4. The van der Waals surface area contributed by atoms with Crippen molar-refractivity contribution in [3.63, 3.8) is 0 Å². The van der Waals surface area contributed by atoms with Gasteiger partial charge in [0.2, 0.25) is 0 Å². The van der Waals surface area contributed by atoms with Crippen LogP contribution in [0, 0.1) is 5.41 Å². The highest BCUT2D eigenvalue weighted by atomic mass is 19.4. The molecule has 0 bridgehead atoms. The predicted molar refractivity (Wildman–Crippen MR) is 123 cm³/mol. The van der Waals surface area contributed by atoms with Crippen molar-refractivity contribution in [3.05, 3.63) is 63.5 Å². The number of fused-ring (bicyclic) bond motifs is 4. The van der Waals surface area contributed by atoms with Crippen molar-refractivity contribution in [1.29, 1.82) is 0 Å². The Morgan fingerprint density at radius 2 is 1.66 bits per heavy atom. The zero-order valence-corrected chi connectivity index (χ0v) is 20.4. The molecule has 35 heavy (non-hydrogen) atoms. The van der Waals surface area contributed by atoms with E-state index < -0.39 is 41.1 Å². The molecule has 1 spiro atoms. The molecule has 1 aliphatic carbocycles. The van der Waals surface area contributed by atoms with Crippen LogP contribution in [-0.4, -0.2) is 28.4 Å². The zero-order chi connectivity index (χ0) is 25.3. The third-order valence-electron chi connectivity index (χ3n) is 7.83. The summed E-state index contributed by atoms with van der Waals surface area (Å²) in [7, 11) is 0. The van der Waals surface area contributed by atoms with Gasteiger partial charge in [-0.1, -0.05) is 39.8 Å². The predicted octanol–water partition coefficient (Wildman–Crippen LogP) is 5.85. The Morgan fingerprint density at radius 3 is 2.23 bits per heavy atom. The van der Waals surface area contributed by atoms with Gasteiger partial charge in [-0.3, -0.25) is 4.98 Å². The number of benzene rings is 1. The van der Waals surface area contributed by atoms with E-state index in [-0.39, 0.29) is 5.92 Å². The van der Waals surface area contributed by atoms with E-state index >= 15 is 0 Å². The van der Waals surface area contributed by atoms with E-state index in [2.05, 4.69) is 0 Å². The number of hydrogen-bond acceptors (Lipinski definition) is 5. The SMILES string of the molecule is CC(C)c1nc2c(c3c1C(c1ccc(C(F)(F)F)cc1)OC31CCOCC1)C(O)CC(C)(C)[C@H]2O. The van der Waals surface area contributed by atoms with Crippen LogP contribution in [0.5, 0.6) is 0 Å². The van der Waals surface area contributed by atoms with Crippen LogP contribution >= 0.6 is 0 Å². The van der Waals surface area contributed by atoms with Gasteiger partial charge in [0.25, 0.3) is 0 Å². The summed E-state index contributed by atoms with van der Waals surface area (Å²) in [5, 5.41) is 22.6. The molecule has 1 fully saturated rings. The van der Waals surface area contributed by atoms with Gasteiger partial charge in [-0.15, -0.1) is 0 Å². The molecular weight excluding hydrogens is 459 g/mol. The van der Waals surface area contributed by atoms with Crippen molar-refractivity contribution in [2.24, 2.45) is 5.41 Å². The van der Waals surface area contributed by atoms with E-state index in [9.17, 15) is 23.4 Å². The maximum Gasteiger partial charge on any atom is 0.416 e. The number of pyridine rings is 1. The summed E-state index contributed by atoms with van der Waals surface area (Å²) >= 11 is 0. The largest absolute Gasteiger partial charge is 0.416 e. The smallest absolute Gasteiger partial charge is 0.388 e. The van der Waals surface area contributed by atoms with Crippen molar-refractivity contribution in [3.8, 4) is 0 Å². The lowest BCUT2D eigenvalue weighted by Crippen LogP contribution is -2.38. The number of rotatable bonds is 2. The Hall–Kier alpha value is -2.00. The molecule has 2 N–H and O–H groups in total. The number of hydrogen-bond donors (Lipinski definition) is 2. The van der Waals surface area contributed by atoms with Crippen LogP contribution in [0.2, 0.25) is 0 Å². The average Bonchev–Trinajstić information content (AvgIpc) is 3.10. The summed E-state index contributed by atoms with van der Waals surface area (Å²) in [5.41, 5.74) is 2.08. The molecule has 0 radical (unpaired) electrons. The van der Waals surface area contributed by atoms with Gasteiger partial charge in [-0.2, -0.15) is 13.2 Å². The second-order valence-corrected chi connectivity index (χ2v) is 11.1. The Bertz CT molecular complexity index is 1120. The van der Waals surface area contributed by atoms with Crippen molar-refractivity contribution < 1.29 is 32.9 Å². The second-order valence-electron chi connectivity index (χ2n) is 11.1. The number of alkyl halides is 3. The molecule has 3 aliphatic rings. The third-order valence-corrected chi connectivity index (χ3v) is 7.83. The molecular formula is C27H32F3NO4. The quantitative estimate of drug-likeness (QED) is 0.552. The standard InChI is InChI=1S/C27H32F3NO4/c1-14(2)21-19-20(18-17(32)13-25(3,4)24(33)22(18)31-21)26(9-11-34-12-10-26)35-23(19)15-5-7-16(8-6-15)27(28,29)30/h5-8,14,17,23-24,32-33H,9-13H2,1-4H3/t17?,23?,24-/m0/s1. The molecule has 3 atom stereocenters. The minimum Gasteiger partial charge on any atom is -0.388 e. The van der Waals surface area contributed by atoms with Crippen LogP contribution in [-0.2, 0) is 21.3 Å². The van der Waals surface area contributed by atoms with Gasteiger partial charge in [0, 0.05) is 42.9 Å². The maximum absolute atomic E-state index is 13.2. The average molecular weight is 492 g/mol. The lowest BCUT2D eigenvalue weighted by Gasteiger charge is -2.42. The van der Waals surface area contributed by atoms with Crippen molar-refractivity contribution in [2.45, 2.75) is 83.0 Å². The number of aliphatic hydroxyl groups excluding tert-OH is 2. The van der Waals surface area contributed by atoms with Gasteiger partial charge in [-0.25, -0.2) is 0 Å². The highest BCUT2D eigenvalue weighted by Crippen LogP contribution is 2.59. The fraction of sp³-hybridized carbons (Fsp3) is 0.593. The number of halogens is 3. The minimum atomic E-state index is -4.42. The van der Waals surface area contributed by atoms with E-state index in [1.807, 2.05) is 27.7 Å². The number of ether oxygens (including phenoxy) is 2. The molecule has 5 nitrogen and oxygen atoms in total. The highest BCUT2D eigenvalue weighted by molar-refractivity contribution is 5.55. The summed E-state index contributed by atoms with van der Waals surface area (Å²) in [6, 6.07) is 5.09. The topological polar surface area (TPSA) is 71.8 Å². The summed E-state index contributed by atoms with van der Waals surface area (Å²) in [5.74, 6) is -0.0287. The summed E-state index contributed by atoms with van der Waals surface area (Å²) < 4.78 is 52.1. The fourth-order valence-corrected chi connectivity index (χ4v) is 5.97.